The van der Waals surface area contributed by atoms with Crippen LogP contribution in [-0.4, -0.2) is 10.9 Å². The molecule has 0 radical (unpaired) electrons. The largest absolute Gasteiger partial charge is 0.322 e. The summed E-state index contributed by atoms with van der Waals surface area (Å²) in [4.78, 5) is 21.2. The van der Waals surface area contributed by atoms with Gasteiger partial charge >= 0.3 is 0 Å². The van der Waals surface area contributed by atoms with E-state index in [1.54, 1.807) is 0 Å². The molecule has 0 fully saturated rings. The standard InChI is InChI=1S/C28H28N2OS/c1-16-8-7-10-20(14-16)25-24(27(31)30-22-11-6-5-9-18(22)3)19(4)29-28-26(25)21-13-12-17(2)15-23(21)32-28/h5-11,14,17H,12-13,15H2,1-4H3,(H,30,31). The zero-order chi connectivity index (χ0) is 22.4. The summed E-state index contributed by atoms with van der Waals surface area (Å²) in [5.41, 5.74) is 8.08. The molecule has 1 unspecified atom stereocenters. The Balaban J connectivity index is 1.77. The Bertz CT molecular complexity index is 1350. The Kier molecular flexibility index (Phi) is 5.34. The molecule has 3 nitrogen and oxygen atoms in total. The smallest absolute Gasteiger partial charge is 0.258 e. The van der Waals surface area contributed by atoms with Gasteiger partial charge < -0.3 is 5.32 Å². The Hall–Kier alpha value is -2.98. The van der Waals surface area contributed by atoms with Crippen LogP contribution in [0.15, 0.2) is 48.5 Å². The van der Waals surface area contributed by atoms with Gasteiger partial charge in [-0.2, -0.15) is 0 Å². The molecular formula is C28H28N2OS. The number of hydrogen-bond donors (Lipinski definition) is 1. The molecular weight excluding hydrogens is 412 g/mol. The van der Waals surface area contributed by atoms with E-state index in [0.29, 0.717) is 11.5 Å². The number of carbonyl (C=O) groups excluding carboxylic acids is 1. The zero-order valence-electron chi connectivity index (χ0n) is 19.1. The number of anilines is 1. The highest BCUT2D eigenvalue weighted by atomic mass is 32.1. The van der Waals surface area contributed by atoms with Gasteiger partial charge in [0, 0.05) is 21.5 Å². The van der Waals surface area contributed by atoms with Gasteiger partial charge in [-0.25, -0.2) is 4.98 Å². The van der Waals surface area contributed by atoms with Crippen molar-refractivity contribution in [3.8, 4) is 11.1 Å². The second-order valence-electron chi connectivity index (χ2n) is 9.12. The molecule has 1 aliphatic rings. The molecule has 1 N–H and O–H groups in total. The number of aryl methyl sites for hydroxylation is 4. The molecule has 4 aromatic rings. The molecule has 1 amide bonds. The Labute approximate surface area is 193 Å². The van der Waals surface area contributed by atoms with Gasteiger partial charge in [0.1, 0.15) is 4.83 Å². The first-order chi connectivity index (χ1) is 15.4. The molecule has 162 valence electrons. The lowest BCUT2D eigenvalue weighted by Crippen LogP contribution is -2.17. The maximum absolute atomic E-state index is 13.7. The SMILES string of the molecule is Cc1cccc(-c2c(C(=O)Nc3ccccc3C)c(C)nc3sc4c(c23)CCC(C)C4)c1. The van der Waals surface area contributed by atoms with Gasteiger partial charge in [0.05, 0.1) is 11.3 Å². The highest BCUT2D eigenvalue weighted by molar-refractivity contribution is 7.19. The predicted molar refractivity (Wildman–Crippen MR) is 135 cm³/mol. The number of nitrogens with zero attached hydrogens (tertiary/aromatic N) is 1. The van der Waals surface area contributed by atoms with Gasteiger partial charge in [-0.1, -0.05) is 55.0 Å². The topological polar surface area (TPSA) is 42.0 Å². The molecule has 0 saturated carbocycles. The summed E-state index contributed by atoms with van der Waals surface area (Å²) in [5.74, 6) is 0.606. The van der Waals surface area contributed by atoms with Crippen molar-refractivity contribution in [1.82, 2.24) is 4.98 Å². The maximum Gasteiger partial charge on any atom is 0.258 e. The third-order valence-electron chi connectivity index (χ3n) is 6.55. The number of fused-ring (bicyclic) bond motifs is 3. The van der Waals surface area contributed by atoms with Gasteiger partial charge in [0.15, 0.2) is 0 Å². The molecule has 2 aromatic carbocycles. The van der Waals surface area contributed by atoms with Crippen LogP contribution < -0.4 is 5.32 Å². The lowest BCUT2D eigenvalue weighted by molar-refractivity contribution is 0.102. The first-order valence-electron chi connectivity index (χ1n) is 11.3. The minimum atomic E-state index is -0.0909. The maximum atomic E-state index is 13.7. The van der Waals surface area contributed by atoms with E-state index < -0.39 is 0 Å². The number of para-hydroxylation sites is 1. The summed E-state index contributed by atoms with van der Waals surface area (Å²) in [7, 11) is 0. The highest BCUT2D eigenvalue weighted by Gasteiger charge is 2.28. The molecule has 0 aliphatic heterocycles. The van der Waals surface area contributed by atoms with Crippen molar-refractivity contribution in [1.29, 1.82) is 0 Å². The molecule has 0 saturated heterocycles. The van der Waals surface area contributed by atoms with Crippen LogP contribution in [-0.2, 0) is 12.8 Å². The summed E-state index contributed by atoms with van der Waals surface area (Å²) in [6, 6.07) is 16.4. The second kappa shape index (κ2) is 8.18. The number of carbonyl (C=O) groups is 1. The van der Waals surface area contributed by atoms with Crippen molar-refractivity contribution in [2.75, 3.05) is 5.32 Å². The molecule has 2 heterocycles. The fourth-order valence-corrected chi connectivity index (χ4v) is 6.29. The molecule has 5 rings (SSSR count). The van der Waals surface area contributed by atoms with Crippen molar-refractivity contribution >= 4 is 33.1 Å². The molecule has 0 bridgehead atoms. The van der Waals surface area contributed by atoms with Crippen LogP contribution in [0.25, 0.3) is 21.3 Å². The molecule has 32 heavy (non-hydrogen) atoms. The molecule has 2 aromatic heterocycles. The van der Waals surface area contributed by atoms with E-state index in [-0.39, 0.29) is 5.91 Å². The third-order valence-corrected chi connectivity index (χ3v) is 7.70. The average Bonchev–Trinajstić information content (AvgIpc) is 3.10. The third kappa shape index (κ3) is 3.63. The molecule has 0 spiro atoms. The van der Waals surface area contributed by atoms with Crippen molar-refractivity contribution in [3.05, 3.63) is 81.4 Å². The Morgan fingerprint density at radius 2 is 1.91 bits per heavy atom. The van der Waals surface area contributed by atoms with Gasteiger partial charge in [0.2, 0.25) is 0 Å². The van der Waals surface area contributed by atoms with Crippen LogP contribution >= 0.6 is 11.3 Å². The van der Waals surface area contributed by atoms with Crippen LogP contribution in [0.4, 0.5) is 5.69 Å². The summed E-state index contributed by atoms with van der Waals surface area (Å²) in [5, 5.41) is 4.34. The van der Waals surface area contributed by atoms with E-state index in [1.807, 2.05) is 49.4 Å². The molecule has 1 aliphatic carbocycles. The fraction of sp³-hybridized carbons (Fsp3) is 0.286. The number of pyridine rings is 1. The average molecular weight is 441 g/mol. The van der Waals surface area contributed by atoms with Crippen LogP contribution in [0.3, 0.4) is 0 Å². The van der Waals surface area contributed by atoms with E-state index in [9.17, 15) is 4.79 Å². The number of rotatable bonds is 3. The van der Waals surface area contributed by atoms with Crippen LogP contribution in [0.5, 0.6) is 0 Å². The summed E-state index contributed by atoms with van der Waals surface area (Å²) in [6.07, 6.45) is 3.34. The normalized spacial score (nSPS) is 15.6. The van der Waals surface area contributed by atoms with Crippen LogP contribution in [0.2, 0.25) is 0 Å². The molecule has 4 heteroatoms. The predicted octanol–water partition coefficient (Wildman–Crippen LogP) is 7.27. The van der Waals surface area contributed by atoms with E-state index in [2.05, 4.69) is 43.4 Å². The molecule has 1 atom stereocenters. The number of aromatic nitrogens is 1. The van der Waals surface area contributed by atoms with Crippen molar-refractivity contribution in [2.45, 2.75) is 47.0 Å². The van der Waals surface area contributed by atoms with Crippen molar-refractivity contribution in [2.24, 2.45) is 5.92 Å². The first-order valence-corrected chi connectivity index (χ1v) is 12.1. The first kappa shape index (κ1) is 20.9. The lowest BCUT2D eigenvalue weighted by atomic mass is 9.86. The van der Waals surface area contributed by atoms with E-state index >= 15 is 0 Å². The monoisotopic (exact) mass is 440 g/mol. The number of amides is 1. The van der Waals surface area contributed by atoms with Crippen molar-refractivity contribution in [3.63, 3.8) is 0 Å². The second-order valence-corrected chi connectivity index (χ2v) is 10.2. The Morgan fingerprint density at radius 1 is 1.09 bits per heavy atom. The number of hydrogen-bond acceptors (Lipinski definition) is 3. The highest BCUT2D eigenvalue weighted by Crippen LogP contribution is 2.44. The fourth-order valence-electron chi connectivity index (χ4n) is 4.85. The van der Waals surface area contributed by atoms with Crippen molar-refractivity contribution < 1.29 is 4.79 Å². The minimum Gasteiger partial charge on any atom is -0.322 e. The van der Waals surface area contributed by atoms with Gasteiger partial charge in [-0.3, -0.25) is 4.79 Å². The van der Waals surface area contributed by atoms with Crippen LogP contribution in [0.1, 0.15) is 51.0 Å². The number of thiophene rings is 1. The minimum absolute atomic E-state index is 0.0909. The van der Waals surface area contributed by atoms with E-state index in [0.717, 1.165) is 45.7 Å². The summed E-state index contributed by atoms with van der Waals surface area (Å²) < 4.78 is 0. The van der Waals surface area contributed by atoms with Gasteiger partial charge in [0.25, 0.3) is 5.91 Å². The van der Waals surface area contributed by atoms with Crippen LogP contribution in [0, 0.1) is 26.7 Å². The quantitative estimate of drug-likeness (QED) is 0.364. The lowest BCUT2D eigenvalue weighted by Gasteiger charge is -2.20. The van der Waals surface area contributed by atoms with Gasteiger partial charge in [-0.05, 0) is 68.7 Å². The zero-order valence-corrected chi connectivity index (χ0v) is 19.9. The summed E-state index contributed by atoms with van der Waals surface area (Å²) >= 11 is 1.81. The number of nitrogens with one attached hydrogen (secondary N) is 1. The Morgan fingerprint density at radius 3 is 2.69 bits per heavy atom. The van der Waals surface area contributed by atoms with E-state index in [4.69, 9.17) is 4.98 Å². The van der Waals surface area contributed by atoms with E-state index in [1.165, 1.54) is 27.8 Å². The van der Waals surface area contributed by atoms with Gasteiger partial charge in [-0.15, -0.1) is 11.3 Å². The summed E-state index contributed by atoms with van der Waals surface area (Å²) in [6.45, 7) is 8.41. The number of benzene rings is 2.